The van der Waals surface area contributed by atoms with Crippen molar-refractivity contribution in [1.29, 1.82) is 0 Å². The fraction of sp³-hybridized carbons (Fsp3) is 0.269. The van der Waals surface area contributed by atoms with Gasteiger partial charge >= 0.3 is 0 Å². The maximum atomic E-state index is 6.69. The van der Waals surface area contributed by atoms with Crippen LogP contribution < -0.4 is 0 Å². The zero-order valence-electron chi connectivity index (χ0n) is 19.7. The number of nitrogens with zero attached hydrogens (tertiary/aromatic N) is 7. The second-order valence-corrected chi connectivity index (χ2v) is 11.4. The Morgan fingerprint density at radius 3 is 2.43 bits per heavy atom. The Morgan fingerprint density at radius 2 is 1.70 bits per heavy atom. The summed E-state index contributed by atoms with van der Waals surface area (Å²) in [5.41, 5.74) is 4.18. The highest BCUT2D eigenvalue weighted by Gasteiger charge is 2.27. The Hall–Kier alpha value is -2.78. The second-order valence-electron chi connectivity index (χ2n) is 9.06. The van der Waals surface area contributed by atoms with Crippen molar-refractivity contribution >= 4 is 46.1 Å². The molecule has 1 aliphatic carbocycles. The van der Waals surface area contributed by atoms with Crippen LogP contribution in [0.5, 0.6) is 0 Å². The van der Waals surface area contributed by atoms with Crippen molar-refractivity contribution in [3.63, 3.8) is 0 Å². The van der Waals surface area contributed by atoms with Crippen molar-refractivity contribution in [2.45, 2.75) is 44.6 Å². The molecule has 0 N–H and O–H groups in total. The number of hydrogen-bond donors (Lipinski definition) is 0. The third-order valence-electron chi connectivity index (χ3n) is 6.62. The van der Waals surface area contributed by atoms with Crippen LogP contribution in [0.2, 0.25) is 15.1 Å². The standard InChI is InChI=1S/C26H22Cl3N7S/c27-18-8-6-16(7-9-18)24-20(13-35-15-30-14-31-35)23(34-36(24)22-11-10-19(28)12-21(22)29)26-33-32-25(37-26)17-4-2-1-3-5-17/h6-12,14-15,17H,1-5,13H2. The number of hydrogen-bond acceptors (Lipinski definition) is 6. The van der Waals surface area contributed by atoms with E-state index in [4.69, 9.17) is 39.9 Å². The van der Waals surface area contributed by atoms with E-state index < -0.39 is 0 Å². The third kappa shape index (κ3) is 5.03. The van der Waals surface area contributed by atoms with Gasteiger partial charge in [-0.25, -0.2) is 14.3 Å². The molecule has 3 aromatic heterocycles. The minimum absolute atomic E-state index is 0.441. The Morgan fingerprint density at radius 1 is 0.919 bits per heavy atom. The van der Waals surface area contributed by atoms with Crippen LogP contribution >= 0.6 is 46.1 Å². The van der Waals surface area contributed by atoms with Gasteiger partial charge in [0.15, 0.2) is 5.01 Å². The van der Waals surface area contributed by atoms with Crippen LogP contribution in [0.4, 0.5) is 0 Å². The SMILES string of the molecule is Clc1ccc(-c2c(Cn3cncn3)c(-c3nnc(C4CCCCC4)s3)nn2-c2ccc(Cl)cc2Cl)cc1. The Labute approximate surface area is 233 Å². The van der Waals surface area contributed by atoms with Gasteiger partial charge in [-0.05, 0) is 43.2 Å². The molecule has 6 rings (SSSR count). The van der Waals surface area contributed by atoms with Gasteiger partial charge < -0.3 is 0 Å². The predicted molar refractivity (Wildman–Crippen MR) is 148 cm³/mol. The highest BCUT2D eigenvalue weighted by atomic mass is 35.5. The lowest BCUT2D eigenvalue weighted by atomic mass is 9.90. The first-order valence-corrected chi connectivity index (χ1v) is 14.0. The van der Waals surface area contributed by atoms with Gasteiger partial charge in [0.2, 0.25) is 0 Å². The highest BCUT2D eigenvalue weighted by molar-refractivity contribution is 7.14. The fourth-order valence-corrected chi connectivity index (χ4v) is 6.46. The molecule has 0 radical (unpaired) electrons. The zero-order valence-corrected chi connectivity index (χ0v) is 22.8. The topological polar surface area (TPSA) is 74.3 Å². The molecule has 1 aliphatic rings. The van der Waals surface area contributed by atoms with Gasteiger partial charge in [0, 0.05) is 27.1 Å². The van der Waals surface area contributed by atoms with Crippen LogP contribution in [0.3, 0.4) is 0 Å². The summed E-state index contributed by atoms with van der Waals surface area (Å²) in [6, 6.07) is 13.1. The first-order chi connectivity index (χ1) is 18.1. The van der Waals surface area contributed by atoms with Crippen molar-refractivity contribution in [3.8, 4) is 27.6 Å². The van der Waals surface area contributed by atoms with Crippen LogP contribution in [-0.4, -0.2) is 34.7 Å². The summed E-state index contributed by atoms with van der Waals surface area (Å²) in [7, 11) is 0. The van der Waals surface area contributed by atoms with Crippen molar-refractivity contribution in [2.24, 2.45) is 0 Å². The molecule has 188 valence electrons. The van der Waals surface area contributed by atoms with Crippen molar-refractivity contribution < 1.29 is 0 Å². The van der Waals surface area contributed by atoms with E-state index >= 15 is 0 Å². The van der Waals surface area contributed by atoms with Gasteiger partial charge in [-0.2, -0.15) is 10.2 Å². The largest absolute Gasteiger partial charge is 0.248 e. The fourth-order valence-electron chi connectivity index (χ4n) is 4.82. The lowest BCUT2D eigenvalue weighted by Gasteiger charge is -2.18. The molecule has 0 aliphatic heterocycles. The maximum absolute atomic E-state index is 6.69. The third-order valence-corrected chi connectivity index (χ3v) is 8.51. The van der Waals surface area contributed by atoms with E-state index in [1.165, 1.54) is 25.6 Å². The molecule has 7 nitrogen and oxygen atoms in total. The average molecular weight is 571 g/mol. The minimum Gasteiger partial charge on any atom is -0.248 e. The molecule has 2 aromatic carbocycles. The van der Waals surface area contributed by atoms with E-state index in [0.29, 0.717) is 33.2 Å². The van der Waals surface area contributed by atoms with E-state index in [1.54, 1.807) is 34.5 Å². The lowest BCUT2D eigenvalue weighted by molar-refractivity contribution is 0.440. The van der Waals surface area contributed by atoms with Crippen LogP contribution in [-0.2, 0) is 6.54 Å². The normalized spacial score (nSPS) is 14.4. The summed E-state index contributed by atoms with van der Waals surface area (Å²) in [6.45, 7) is 0.441. The molecule has 1 saturated carbocycles. The highest BCUT2D eigenvalue weighted by Crippen LogP contribution is 2.40. The Balaban J connectivity index is 1.56. The van der Waals surface area contributed by atoms with Gasteiger partial charge in [0.1, 0.15) is 23.4 Å². The number of halogens is 3. The van der Waals surface area contributed by atoms with Gasteiger partial charge in [-0.3, -0.25) is 0 Å². The summed E-state index contributed by atoms with van der Waals surface area (Å²) in [5, 5.41) is 22.2. The monoisotopic (exact) mass is 569 g/mol. The molecule has 3 heterocycles. The van der Waals surface area contributed by atoms with Crippen LogP contribution in [0.1, 0.15) is 48.6 Å². The minimum atomic E-state index is 0.441. The van der Waals surface area contributed by atoms with Crippen molar-refractivity contribution in [1.82, 2.24) is 34.7 Å². The summed E-state index contributed by atoms with van der Waals surface area (Å²) in [4.78, 5) is 4.13. The molecule has 11 heteroatoms. The molecular formula is C26H22Cl3N7S. The van der Waals surface area contributed by atoms with Crippen LogP contribution in [0.25, 0.3) is 27.6 Å². The summed E-state index contributed by atoms with van der Waals surface area (Å²) in [6.07, 6.45) is 9.30. The van der Waals surface area contributed by atoms with Gasteiger partial charge in [0.25, 0.3) is 0 Å². The number of aromatic nitrogens is 7. The molecule has 0 atom stereocenters. The molecule has 0 spiro atoms. The number of benzene rings is 2. The van der Waals surface area contributed by atoms with Gasteiger partial charge in [0.05, 0.1) is 22.9 Å². The predicted octanol–water partition coefficient (Wildman–Crippen LogP) is 7.71. The first-order valence-electron chi connectivity index (χ1n) is 12.1. The van der Waals surface area contributed by atoms with E-state index in [1.807, 2.05) is 35.0 Å². The van der Waals surface area contributed by atoms with Crippen molar-refractivity contribution in [2.75, 3.05) is 0 Å². The molecular weight excluding hydrogens is 549 g/mol. The lowest BCUT2D eigenvalue weighted by Crippen LogP contribution is -2.04. The zero-order chi connectivity index (χ0) is 25.4. The van der Waals surface area contributed by atoms with Crippen LogP contribution in [0.15, 0.2) is 55.1 Å². The molecule has 0 bridgehead atoms. The quantitative estimate of drug-likeness (QED) is 0.209. The van der Waals surface area contributed by atoms with Crippen molar-refractivity contribution in [3.05, 3.63) is 80.8 Å². The second kappa shape index (κ2) is 10.5. The summed E-state index contributed by atoms with van der Waals surface area (Å²) in [5.74, 6) is 0.460. The van der Waals surface area contributed by atoms with Crippen LogP contribution in [0, 0.1) is 0 Å². The van der Waals surface area contributed by atoms with E-state index in [2.05, 4.69) is 20.3 Å². The Kier molecular flexibility index (Phi) is 6.99. The first kappa shape index (κ1) is 24.6. The maximum Gasteiger partial charge on any atom is 0.168 e. The van der Waals surface area contributed by atoms with E-state index in [-0.39, 0.29) is 0 Å². The van der Waals surface area contributed by atoms with Gasteiger partial charge in [-0.15, -0.1) is 10.2 Å². The van der Waals surface area contributed by atoms with E-state index in [0.717, 1.165) is 45.4 Å². The molecule has 0 unspecified atom stereocenters. The van der Waals surface area contributed by atoms with E-state index in [9.17, 15) is 0 Å². The molecule has 1 fully saturated rings. The Bertz CT molecular complexity index is 1520. The average Bonchev–Trinajstić information content (AvgIpc) is 3.66. The molecule has 0 amide bonds. The molecule has 37 heavy (non-hydrogen) atoms. The molecule has 0 saturated heterocycles. The molecule has 5 aromatic rings. The van der Waals surface area contributed by atoms with Gasteiger partial charge in [-0.1, -0.05) is 77.5 Å². The summed E-state index contributed by atoms with van der Waals surface area (Å²) < 4.78 is 3.63. The summed E-state index contributed by atoms with van der Waals surface area (Å²) >= 11 is 20.8. The number of rotatable bonds is 6. The smallest absolute Gasteiger partial charge is 0.168 e.